The molecule has 0 aliphatic heterocycles. The maximum Gasteiger partial charge on any atom is 0.283 e. The lowest BCUT2D eigenvalue weighted by molar-refractivity contribution is 0.0656. The minimum atomic E-state index is -3.01. The number of nitrogens with zero attached hydrogens (tertiary/aromatic N) is 3. The average Bonchev–Trinajstić information content (AvgIpc) is 3.40. The number of carbonyl (C=O) groups excluding carboxylic acids is 1. The summed E-state index contributed by atoms with van der Waals surface area (Å²) in [6.45, 7) is 5.87. The lowest BCUT2D eigenvalue weighted by atomic mass is 9.95. The van der Waals surface area contributed by atoms with Gasteiger partial charge in [0.2, 0.25) is 5.95 Å². The predicted molar refractivity (Wildman–Crippen MR) is 96.3 cm³/mol. The Kier molecular flexibility index (Phi) is 5.31. The summed E-state index contributed by atoms with van der Waals surface area (Å²) in [4.78, 5) is 14.7. The van der Waals surface area contributed by atoms with Gasteiger partial charge in [-0.05, 0) is 44.2 Å². The number of halogens is 3. The van der Waals surface area contributed by atoms with E-state index in [0.29, 0.717) is 4.68 Å². The Bertz CT molecular complexity index is 858. The number of hydrogen-bond acceptors (Lipinski definition) is 2. The Hall–Kier alpha value is -2.31. The first-order valence-electron chi connectivity index (χ1n) is 9.18. The minimum Gasteiger partial charge on any atom is -0.329 e. The second-order valence-corrected chi connectivity index (χ2v) is 7.15. The van der Waals surface area contributed by atoms with Gasteiger partial charge in [0.1, 0.15) is 11.3 Å². The molecule has 0 N–H and O–H groups in total. The molecule has 0 bridgehead atoms. The molecular weight excluding hydrogens is 355 g/mol. The van der Waals surface area contributed by atoms with Crippen LogP contribution >= 0.6 is 0 Å². The molecule has 1 aromatic heterocycles. The van der Waals surface area contributed by atoms with Crippen LogP contribution in [0.1, 0.15) is 71.9 Å². The SMILES string of the molecule is CCc1ccc(C)cc1C(C)N(C(=O)c1c(C(F)F)nn(C)c1F)C1CC1. The van der Waals surface area contributed by atoms with E-state index in [0.717, 1.165) is 36.0 Å². The molecule has 1 atom stereocenters. The molecule has 1 saturated carbocycles. The fourth-order valence-electron chi connectivity index (χ4n) is 3.59. The molecule has 2 aromatic rings. The van der Waals surface area contributed by atoms with E-state index in [1.165, 1.54) is 7.05 Å². The predicted octanol–water partition coefficient (Wildman–Crippen LogP) is 4.73. The molecule has 4 nitrogen and oxygen atoms in total. The summed E-state index contributed by atoms with van der Waals surface area (Å²) >= 11 is 0. The van der Waals surface area contributed by atoms with Gasteiger partial charge in [0, 0.05) is 13.1 Å². The van der Waals surface area contributed by atoms with Gasteiger partial charge in [0.15, 0.2) is 0 Å². The zero-order valence-corrected chi connectivity index (χ0v) is 16.0. The molecule has 1 unspecified atom stereocenters. The van der Waals surface area contributed by atoms with Gasteiger partial charge in [-0.25, -0.2) is 13.5 Å². The summed E-state index contributed by atoms with van der Waals surface area (Å²) in [5.41, 5.74) is 1.71. The van der Waals surface area contributed by atoms with Crippen LogP contribution in [0.3, 0.4) is 0 Å². The summed E-state index contributed by atoms with van der Waals surface area (Å²) < 4.78 is 41.9. The zero-order valence-electron chi connectivity index (χ0n) is 16.0. The van der Waals surface area contributed by atoms with E-state index in [1.807, 2.05) is 39.0 Å². The Balaban J connectivity index is 2.05. The number of alkyl halides is 2. The molecule has 0 radical (unpaired) electrons. The van der Waals surface area contributed by atoms with Crippen molar-refractivity contribution in [3.05, 3.63) is 52.1 Å². The molecule has 1 aliphatic carbocycles. The van der Waals surface area contributed by atoms with Gasteiger partial charge in [-0.15, -0.1) is 0 Å². The molecule has 7 heteroatoms. The third-order valence-corrected chi connectivity index (χ3v) is 5.15. The lowest BCUT2D eigenvalue weighted by Gasteiger charge is -2.31. The molecule has 1 aromatic carbocycles. The van der Waals surface area contributed by atoms with Crippen LogP contribution in [-0.4, -0.2) is 26.6 Å². The van der Waals surface area contributed by atoms with Crippen LogP contribution in [0.25, 0.3) is 0 Å². The number of carbonyl (C=O) groups is 1. The quantitative estimate of drug-likeness (QED) is 0.728. The molecule has 1 fully saturated rings. The van der Waals surface area contributed by atoms with E-state index in [-0.39, 0.29) is 12.1 Å². The monoisotopic (exact) mass is 379 g/mol. The van der Waals surface area contributed by atoms with Gasteiger partial charge in [0.05, 0.1) is 6.04 Å². The lowest BCUT2D eigenvalue weighted by Crippen LogP contribution is -2.37. The Labute approximate surface area is 157 Å². The van der Waals surface area contributed by atoms with Gasteiger partial charge < -0.3 is 4.90 Å². The van der Waals surface area contributed by atoms with Crippen molar-refractivity contribution in [1.82, 2.24) is 14.7 Å². The number of hydrogen-bond donors (Lipinski definition) is 0. The van der Waals surface area contributed by atoms with Crippen LogP contribution in [0.5, 0.6) is 0 Å². The highest BCUT2D eigenvalue weighted by Crippen LogP contribution is 2.38. The van der Waals surface area contributed by atoms with Crippen molar-refractivity contribution >= 4 is 5.91 Å². The van der Waals surface area contributed by atoms with Crippen LogP contribution in [0.2, 0.25) is 0 Å². The highest BCUT2D eigenvalue weighted by molar-refractivity contribution is 5.96. The van der Waals surface area contributed by atoms with Gasteiger partial charge >= 0.3 is 0 Å². The van der Waals surface area contributed by atoms with Gasteiger partial charge in [0.25, 0.3) is 12.3 Å². The largest absolute Gasteiger partial charge is 0.329 e. The van der Waals surface area contributed by atoms with Crippen LogP contribution in [0.4, 0.5) is 13.2 Å². The summed E-state index contributed by atoms with van der Waals surface area (Å²) in [6, 6.07) is 5.63. The fourth-order valence-corrected chi connectivity index (χ4v) is 3.59. The second-order valence-electron chi connectivity index (χ2n) is 7.15. The van der Waals surface area contributed by atoms with Crippen LogP contribution in [0.15, 0.2) is 18.2 Å². The normalized spacial score (nSPS) is 15.3. The summed E-state index contributed by atoms with van der Waals surface area (Å²) in [5, 5.41) is 3.52. The molecular formula is C20H24F3N3O. The van der Waals surface area contributed by atoms with Crippen LogP contribution in [0, 0.1) is 12.9 Å². The summed E-state index contributed by atoms with van der Waals surface area (Å²) in [6.07, 6.45) is -0.651. The molecule has 0 spiro atoms. The van der Waals surface area contributed by atoms with Crippen molar-refractivity contribution in [3.63, 3.8) is 0 Å². The zero-order chi connectivity index (χ0) is 19.9. The summed E-state index contributed by atoms with van der Waals surface area (Å²) in [5.74, 6) is -1.73. The van der Waals surface area contributed by atoms with E-state index >= 15 is 0 Å². The highest BCUT2D eigenvalue weighted by Gasteiger charge is 2.41. The van der Waals surface area contributed by atoms with Crippen molar-refractivity contribution in [2.75, 3.05) is 0 Å². The first-order chi connectivity index (χ1) is 12.8. The summed E-state index contributed by atoms with van der Waals surface area (Å²) in [7, 11) is 1.22. The number of aromatic nitrogens is 2. The number of benzene rings is 1. The maximum absolute atomic E-state index is 14.5. The van der Waals surface area contributed by atoms with Crippen molar-refractivity contribution in [3.8, 4) is 0 Å². The second kappa shape index (κ2) is 7.37. The van der Waals surface area contributed by atoms with E-state index in [2.05, 4.69) is 5.10 Å². The number of aryl methyl sites for hydroxylation is 3. The van der Waals surface area contributed by atoms with Gasteiger partial charge in [-0.2, -0.15) is 9.49 Å². The Morgan fingerprint density at radius 2 is 2.04 bits per heavy atom. The van der Waals surface area contributed by atoms with Gasteiger partial charge in [-0.1, -0.05) is 30.7 Å². The van der Waals surface area contributed by atoms with Crippen LogP contribution < -0.4 is 0 Å². The third kappa shape index (κ3) is 3.59. The van der Waals surface area contributed by atoms with E-state index < -0.39 is 29.5 Å². The smallest absolute Gasteiger partial charge is 0.283 e. The maximum atomic E-state index is 14.5. The van der Waals surface area contributed by atoms with Crippen molar-refractivity contribution in [2.24, 2.45) is 7.05 Å². The third-order valence-electron chi connectivity index (χ3n) is 5.15. The standard InChI is InChI=1S/C20H24F3N3O/c1-5-13-7-6-11(2)10-15(13)12(3)26(14-8-9-14)20(27)16-17(18(21)22)24-25(4)19(16)23/h6-7,10,12,14,18H,5,8-9H2,1-4H3. The number of rotatable bonds is 6. The highest BCUT2D eigenvalue weighted by atomic mass is 19.3. The average molecular weight is 379 g/mol. The molecule has 0 saturated heterocycles. The minimum absolute atomic E-state index is 0.0668. The topological polar surface area (TPSA) is 38.1 Å². The molecule has 27 heavy (non-hydrogen) atoms. The van der Waals surface area contributed by atoms with Crippen LogP contribution in [-0.2, 0) is 13.5 Å². The molecule has 146 valence electrons. The molecule has 1 amide bonds. The Morgan fingerprint density at radius 1 is 1.37 bits per heavy atom. The first-order valence-corrected chi connectivity index (χ1v) is 9.18. The van der Waals surface area contributed by atoms with E-state index in [4.69, 9.17) is 0 Å². The Morgan fingerprint density at radius 3 is 2.59 bits per heavy atom. The van der Waals surface area contributed by atoms with Crippen molar-refractivity contribution < 1.29 is 18.0 Å². The van der Waals surface area contributed by atoms with E-state index in [9.17, 15) is 18.0 Å². The number of amides is 1. The first kappa shape index (κ1) is 19.5. The van der Waals surface area contributed by atoms with Crippen molar-refractivity contribution in [2.45, 2.75) is 58.5 Å². The molecule has 3 rings (SSSR count). The molecule has 1 aliphatic rings. The van der Waals surface area contributed by atoms with E-state index in [1.54, 1.807) is 4.90 Å². The van der Waals surface area contributed by atoms with Gasteiger partial charge in [-0.3, -0.25) is 4.79 Å². The molecule has 1 heterocycles. The fraction of sp³-hybridized carbons (Fsp3) is 0.500. The van der Waals surface area contributed by atoms with Crippen molar-refractivity contribution in [1.29, 1.82) is 0 Å².